The normalized spacial score (nSPS) is 25.6. The van der Waals surface area contributed by atoms with E-state index in [0.717, 1.165) is 24.2 Å². The van der Waals surface area contributed by atoms with Crippen LogP contribution < -0.4 is 5.32 Å². The van der Waals surface area contributed by atoms with Crippen LogP contribution in [-0.2, 0) is 0 Å². The summed E-state index contributed by atoms with van der Waals surface area (Å²) < 4.78 is 0. The van der Waals surface area contributed by atoms with Crippen molar-refractivity contribution in [1.29, 1.82) is 0 Å². The van der Waals surface area contributed by atoms with Gasteiger partial charge in [0.25, 0.3) is 0 Å². The standard InChI is InChI=1S/C12H18N2/c1-9-5-6-13-12(7-9)14-8-11-4-3-10(11)2/h5-7,10-11H,3-4,8H2,1-2H3,(H,13,14). The molecule has 1 heterocycles. The Bertz CT molecular complexity index is 309. The Kier molecular flexibility index (Phi) is 2.71. The number of aryl methyl sites for hydroxylation is 1. The lowest BCUT2D eigenvalue weighted by molar-refractivity contribution is 0.210. The Morgan fingerprint density at radius 3 is 2.93 bits per heavy atom. The molecule has 0 spiro atoms. The second kappa shape index (κ2) is 3.99. The first-order valence-electron chi connectivity index (χ1n) is 5.42. The van der Waals surface area contributed by atoms with Crippen molar-refractivity contribution < 1.29 is 0 Å². The van der Waals surface area contributed by atoms with Crippen LogP contribution in [0.5, 0.6) is 0 Å². The van der Waals surface area contributed by atoms with Crippen LogP contribution in [-0.4, -0.2) is 11.5 Å². The Morgan fingerprint density at radius 1 is 1.50 bits per heavy atom. The highest BCUT2D eigenvalue weighted by Crippen LogP contribution is 2.33. The summed E-state index contributed by atoms with van der Waals surface area (Å²) in [6.07, 6.45) is 4.63. The maximum absolute atomic E-state index is 4.28. The van der Waals surface area contributed by atoms with Gasteiger partial charge in [0.1, 0.15) is 5.82 Å². The van der Waals surface area contributed by atoms with E-state index in [4.69, 9.17) is 0 Å². The Morgan fingerprint density at radius 2 is 2.36 bits per heavy atom. The average molecular weight is 190 g/mol. The summed E-state index contributed by atoms with van der Waals surface area (Å²) in [5.74, 6) is 2.77. The molecular formula is C12H18N2. The molecule has 1 aromatic heterocycles. The Hall–Kier alpha value is -1.05. The number of anilines is 1. The second-order valence-electron chi connectivity index (χ2n) is 4.41. The van der Waals surface area contributed by atoms with Gasteiger partial charge in [0, 0.05) is 12.7 Å². The van der Waals surface area contributed by atoms with Gasteiger partial charge < -0.3 is 5.32 Å². The molecule has 2 unspecified atom stereocenters. The summed E-state index contributed by atoms with van der Waals surface area (Å²) in [5, 5.41) is 3.41. The highest BCUT2D eigenvalue weighted by molar-refractivity contribution is 5.36. The number of nitrogens with one attached hydrogen (secondary N) is 1. The third-order valence-electron chi connectivity index (χ3n) is 3.26. The van der Waals surface area contributed by atoms with Crippen LogP contribution in [0.1, 0.15) is 25.3 Å². The van der Waals surface area contributed by atoms with Crippen molar-refractivity contribution in [2.24, 2.45) is 11.8 Å². The van der Waals surface area contributed by atoms with E-state index < -0.39 is 0 Å². The molecule has 1 aliphatic carbocycles. The minimum atomic E-state index is 0.859. The van der Waals surface area contributed by atoms with E-state index in [-0.39, 0.29) is 0 Å². The third kappa shape index (κ3) is 2.06. The van der Waals surface area contributed by atoms with Crippen molar-refractivity contribution >= 4 is 5.82 Å². The molecule has 0 aromatic carbocycles. The van der Waals surface area contributed by atoms with Gasteiger partial charge in [-0.3, -0.25) is 0 Å². The topological polar surface area (TPSA) is 24.9 Å². The van der Waals surface area contributed by atoms with E-state index in [1.165, 1.54) is 18.4 Å². The number of pyridine rings is 1. The number of nitrogens with zero attached hydrogens (tertiary/aromatic N) is 1. The van der Waals surface area contributed by atoms with Gasteiger partial charge in [0.2, 0.25) is 0 Å². The van der Waals surface area contributed by atoms with E-state index in [1.54, 1.807) is 0 Å². The molecule has 0 radical (unpaired) electrons. The van der Waals surface area contributed by atoms with E-state index >= 15 is 0 Å². The van der Waals surface area contributed by atoms with Crippen LogP contribution in [0.4, 0.5) is 5.82 Å². The van der Waals surface area contributed by atoms with Crippen molar-refractivity contribution in [2.45, 2.75) is 26.7 Å². The molecule has 0 amide bonds. The van der Waals surface area contributed by atoms with Crippen molar-refractivity contribution in [3.63, 3.8) is 0 Å². The molecule has 1 saturated carbocycles. The predicted molar refractivity (Wildman–Crippen MR) is 59.4 cm³/mol. The van der Waals surface area contributed by atoms with Gasteiger partial charge in [-0.15, -0.1) is 0 Å². The fourth-order valence-electron chi connectivity index (χ4n) is 1.91. The van der Waals surface area contributed by atoms with Gasteiger partial charge in [-0.1, -0.05) is 13.3 Å². The minimum Gasteiger partial charge on any atom is -0.370 e. The number of hydrogen-bond donors (Lipinski definition) is 1. The minimum absolute atomic E-state index is 0.859. The highest BCUT2D eigenvalue weighted by atomic mass is 15.0. The lowest BCUT2D eigenvalue weighted by Gasteiger charge is -2.34. The maximum Gasteiger partial charge on any atom is 0.126 e. The summed E-state index contributed by atoms with van der Waals surface area (Å²) in [5.41, 5.74) is 1.27. The summed E-state index contributed by atoms with van der Waals surface area (Å²) in [6.45, 7) is 5.51. The van der Waals surface area contributed by atoms with Crippen LogP contribution in [0.25, 0.3) is 0 Å². The molecule has 0 aliphatic heterocycles. The molecule has 2 atom stereocenters. The lowest BCUT2D eigenvalue weighted by atomic mass is 9.75. The van der Waals surface area contributed by atoms with Gasteiger partial charge in [0.05, 0.1) is 0 Å². The number of hydrogen-bond acceptors (Lipinski definition) is 2. The molecule has 0 saturated heterocycles. The SMILES string of the molecule is Cc1ccnc(NCC2CCC2C)c1. The summed E-state index contributed by atoms with van der Waals surface area (Å²) in [6, 6.07) is 4.13. The van der Waals surface area contributed by atoms with Crippen molar-refractivity contribution in [3.05, 3.63) is 23.9 Å². The maximum atomic E-state index is 4.28. The van der Waals surface area contributed by atoms with Crippen LogP contribution in [0.2, 0.25) is 0 Å². The van der Waals surface area contributed by atoms with E-state index in [1.807, 2.05) is 12.3 Å². The largest absolute Gasteiger partial charge is 0.370 e. The third-order valence-corrected chi connectivity index (χ3v) is 3.26. The summed E-state index contributed by atoms with van der Waals surface area (Å²) >= 11 is 0. The predicted octanol–water partition coefficient (Wildman–Crippen LogP) is 2.85. The van der Waals surface area contributed by atoms with Gasteiger partial charge >= 0.3 is 0 Å². The molecule has 2 heteroatoms. The molecule has 2 nitrogen and oxygen atoms in total. The number of rotatable bonds is 3. The average Bonchev–Trinajstić information content (AvgIpc) is 2.16. The van der Waals surface area contributed by atoms with Crippen molar-refractivity contribution in [2.75, 3.05) is 11.9 Å². The monoisotopic (exact) mass is 190 g/mol. The summed E-state index contributed by atoms with van der Waals surface area (Å²) in [7, 11) is 0. The molecule has 2 rings (SSSR count). The zero-order valence-corrected chi connectivity index (χ0v) is 8.96. The van der Waals surface area contributed by atoms with Gasteiger partial charge in [-0.05, 0) is 42.9 Å². The van der Waals surface area contributed by atoms with E-state index in [2.05, 4.69) is 30.2 Å². The first kappa shape index (κ1) is 9.50. The zero-order valence-electron chi connectivity index (χ0n) is 8.96. The molecule has 1 aliphatic rings. The van der Waals surface area contributed by atoms with Crippen LogP contribution in [0.15, 0.2) is 18.3 Å². The lowest BCUT2D eigenvalue weighted by Crippen LogP contribution is -2.29. The van der Waals surface area contributed by atoms with E-state index in [0.29, 0.717) is 0 Å². The second-order valence-corrected chi connectivity index (χ2v) is 4.41. The van der Waals surface area contributed by atoms with Gasteiger partial charge in [-0.2, -0.15) is 0 Å². The quantitative estimate of drug-likeness (QED) is 0.792. The molecule has 14 heavy (non-hydrogen) atoms. The van der Waals surface area contributed by atoms with Crippen molar-refractivity contribution in [3.8, 4) is 0 Å². The fourth-order valence-corrected chi connectivity index (χ4v) is 1.91. The van der Waals surface area contributed by atoms with Crippen LogP contribution in [0, 0.1) is 18.8 Å². The molecule has 76 valence electrons. The first-order chi connectivity index (χ1) is 6.75. The zero-order chi connectivity index (χ0) is 9.97. The molecule has 1 N–H and O–H groups in total. The highest BCUT2D eigenvalue weighted by Gasteiger charge is 2.25. The molecule has 0 bridgehead atoms. The fraction of sp³-hybridized carbons (Fsp3) is 0.583. The Balaban J connectivity index is 1.85. The van der Waals surface area contributed by atoms with Gasteiger partial charge in [0.15, 0.2) is 0 Å². The first-order valence-corrected chi connectivity index (χ1v) is 5.42. The van der Waals surface area contributed by atoms with E-state index in [9.17, 15) is 0 Å². The Labute approximate surface area is 85.7 Å². The number of aromatic nitrogens is 1. The molecular weight excluding hydrogens is 172 g/mol. The van der Waals surface area contributed by atoms with Crippen molar-refractivity contribution in [1.82, 2.24) is 4.98 Å². The molecule has 1 fully saturated rings. The smallest absolute Gasteiger partial charge is 0.126 e. The van der Waals surface area contributed by atoms with Crippen LogP contribution >= 0.6 is 0 Å². The van der Waals surface area contributed by atoms with Gasteiger partial charge in [-0.25, -0.2) is 4.98 Å². The summed E-state index contributed by atoms with van der Waals surface area (Å²) in [4.78, 5) is 4.28. The molecule has 1 aromatic rings. The van der Waals surface area contributed by atoms with Crippen LogP contribution in [0.3, 0.4) is 0 Å².